The van der Waals surface area contributed by atoms with Crippen LogP contribution in [0.5, 0.6) is 0 Å². The monoisotopic (exact) mass is 234 g/mol. The molecule has 8 heteroatoms. The molecule has 0 aromatic heterocycles. The average Bonchev–Trinajstić information content (AvgIpc) is 1.87. The predicted octanol–water partition coefficient (Wildman–Crippen LogP) is -1.30. The minimum absolute atomic E-state index is 0. The van der Waals surface area contributed by atoms with Crippen LogP contribution in [0, 0.1) is 0 Å². The number of nitrogens with two attached hydrogens (primary N) is 2. The highest BCUT2D eigenvalue weighted by Gasteiger charge is 2.03. The smallest absolute Gasteiger partial charge is 0.321 e. The van der Waals surface area contributed by atoms with Crippen molar-refractivity contribution in [3.63, 3.8) is 0 Å². The molecule has 0 aliphatic heterocycles. The van der Waals surface area contributed by atoms with Gasteiger partial charge in [-0.25, -0.2) is 0 Å². The summed E-state index contributed by atoms with van der Waals surface area (Å²) in [6.07, 6.45) is 0.944. The molecule has 0 unspecified atom stereocenters. The third-order valence-corrected chi connectivity index (χ3v) is 1.62. The van der Waals surface area contributed by atoms with E-state index in [9.17, 15) is 0 Å². The molecule has 8 N–H and O–H groups in total. The third-order valence-electron chi connectivity index (χ3n) is 0.706. The van der Waals surface area contributed by atoms with Gasteiger partial charge in [-0.3, -0.25) is 0 Å². The summed E-state index contributed by atoms with van der Waals surface area (Å²) < 4.78 is 4.27. The van der Waals surface area contributed by atoms with Crippen molar-refractivity contribution in [3.8, 4) is 0 Å². The molecule has 0 radical (unpaired) electrons. The van der Waals surface area contributed by atoms with E-state index in [0.717, 1.165) is 19.5 Å². The zero-order valence-electron chi connectivity index (χ0n) is 7.64. The maximum Gasteiger partial charge on any atom is 0.321 e. The average molecular weight is 234 g/mol. The zero-order chi connectivity index (χ0) is 10.0. The van der Waals surface area contributed by atoms with Crippen LogP contribution in [0.1, 0.15) is 13.3 Å². The maximum atomic E-state index is 8.28. The topological polar surface area (TPSA) is 133 Å². The van der Waals surface area contributed by atoms with Crippen LogP contribution in [-0.4, -0.2) is 35.0 Å². The SMILES string of the molecule is CCOP(O)(O)=S.NCCCN.O. The van der Waals surface area contributed by atoms with Crippen molar-refractivity contribution in [1.29, 1.82) is 0 Å². The number of hydrogen-bond acceptors (Lipinski definition) is 4. The first-order chi connectivity index (χ1) is 5.47. The lowest BCUT2D eigenvalue weighted by Gasteiger charge is -2.02. The molecule has 0 rings (SSSR count). The highest BCUT2D eigenvalue weighted by Crippen LogP contribution is 2.35. The molecule has 0 aliphatic rings. The normalized spacial score (nSPS) is 9.62. The third kappa shape index (κ3) is 32.7. The van der Waals surface area contributed by atoms with Gasteiger partial charge in [0.25, 0.3) is 0 Å². The Hall–Kier alpha value is 0.410. The second-order valence-corrected chi connectivity index (χ2v) is 4.51. The van der Waals surface area contributed by atoms with Gasteiger partial charge in [0.05, 0.1) is 6.61 Å². The lowest BCUT2D eigenvalue weighted by molar-refractivity contribution is 0.265. The van der Waals surface area contributed by atoms with Crippen LogP contribution in [0.15, 0.2) is 0 Å². The van der Waals surface area contributed by atoms with Crippen molar-refractivity contribution in [2.24, 2.45) is 11.5 Å². The van der Waals surface area contributed by atoms with E-state index in [-0.39, 0.29) is 12.1 Å². The van der Waals surface area contributed by atoms with Crippen LogP contribution in [0.25, 0.3) is 0 Å². The van der Waals surface area contributed by atoms with Gasteiger partial charge in [-0.05, 0) is 38.2 Å². The maximum absolute atomic E-state index is 8.28. The quantitative estimate of drug-likeness (QED) is 0.447. The van der Waals surface area contributed by atoms with Crippen LogP contribution >= 0.6 is 6.72 Å². The van der Waals surface area contributed by atoms with Gasteiger partial charge in [-0.15, -0.1) is 0 Å². The minimum Gasteiger partial charge on any atom is -0.412 e. The molecule has 0 atom stereocenters. The van der Waals surface area contributed by atoms with Gasteiger partial charge in [0.15, 0.2) is 0 Å². The molecule has 0 amide bonds. The molecule has 6 nitrogen and oxygen atoms in total. The highest BCUT2D eigenvalue weighted by atomic mass is 32.5. The van der Waals surface area contributed by atoms with E-state index in [1.165, 1.54) is 0 Å². The first-order valence-electron chi connectivity index (χ1n) is 3.58. The molecule has 0 aromatic rings. The largest absolute Gasteiger partial charge is 0.412 e. The molecule has 0 spiro atoms. The summed E-state index contributed by atoms with van der Waals surface area (Å²) in [4.78, 5) is 16.6. The Morgan fingerprint density at radius 1 is 1.31 bits per heavy atom. The summed E-state index contributed by atoms with van der Waals surface area (Å²) >= 11 is 4.08. The minimum atomic E-state index is -3.33. The molecule has 0 aromatic carbocycles. The van der Waals surface area contributed by atoms with Crippen LogP contribution in [-0.2, 0) is 16.3 Å². The van der Waals surface area contributed by atoms with Crippen molar-refractivity contribution in [2.75, 3.05) is 19.7 Å². The summed E-state index contributed by atoms with van der Waals surface area (Å²) in [5, 5.41) is 0. The first kappa shape index (κ1) is 19.1. The van der Waals surface area contributed by atoms with Crippen LogP contribution in [0.3, 0.4) is 0 Å². The van der Waals surface area contributed by atoms with Crippen molar-refractivity contribution in [2.45, 2.75) is 13.3 Å². The Kier molecular flexibility index (Phi) is 18.2. The highest BCUT2D eigenvalue weighted by molar-refractivity contribution is 8.06. The second-order valence-electron chi connectivity index (χ2n) is 1.84. The summed E-state index contributed by atoms with van der Waals surface area (Å²) in [7, 11) is 0. The van der Waals surface area contributed by atoms with Crippen molar-refractivity contribution in [1.82, 2.24) is 0 Å². The molecule has 0 saturated heterocycles. The molecule has 84 valence electrons. The number of hydrogen-bond donors (Lipinski definition) is 4. The molecule has 0 saturated carbocycles. The summed E-state index contributed by atoms with van der Waals surface area (Å²) in [5.41, 5.74) is 10.1. The molecule has 0 fully saturated rings. The Balaban J connectivity index is -0.000000150. The molecular formula is C5H19N2O4PS. The van der Waals surface area contributed by atoms with Crippen LogP contribution < -0.4 is 11.5 Å². The van der Waals surface area contributed by atoms with Gasteiger partial charge < -0.3 is 31.3 Å². The summed E-state index contributed by atoms with van der Waals surface area (Å²) in [5.74, 6) is 0. The van der Waals surface area contributed by atoms with Crippen molar-refractivity contribution >= 4 is 18.5 Å². The van der Waals surface area contributed by atoms with E-state index in [2.05, 4.69) is 16.3 Å². The zero-order valence-corrected chi connectivity index (χ0v) is 9.35. The number of rotatable bonds is 4. The van der Waals surface area contributed by atoms with E-state index >= 15 is 0 Å². The Bertz CT molecular complexity index is 130. The fourth-order valence-corrected chi connectivity index (χ4v) is 0.939. The standard InChI is InChI=1S/C3H10N2.C2H7O3PS.H2O/c4-2-1-3-5;1-2-5-6(3,4)7;/h1-5H2;2H2,1H3,(H2,3,4,7);1H2. The first-order valence-corrected chi connectivity index (χ1v) is 6.20. The molecule has 0 aliphatic carbocycles. The van der Waals surface area contributed by atoms with Gasteiger partial charge in [-0.2, -0.15) is 0 Å². The molecule has 13 heavy (non-hydrogen) atoms. The lowest BCUT2D eigenvalue weighted by atomic mass is 10.4. The summed E-state index contributed by atoms with van der Waals surface area (Å²) in [6.45, 7) is 0.00569. The van der Waals surface area contributed by atoms with Gasteiger partial charge in [0, 0.05) is 0 Å². The summed E-state index contributed by atoms with van der Waals surface area (Å²) in [6, 6.07) is 0. The van der Waals surface area contributed by atoms with Crippen molar-refractivity contribution < 1.29 is 19.8 Å². The molecular weight excluding hydrogens is 215 g/mol. The second kappa shape index (κ2) is 12.4. The van der Waals surface area contributed by atoms with Gasteiger partial charge in [-0.1, -0.05) is 0 Å². The Labute approximate surface area is 83.4 Å². The fraction of sp³-hybridized carbons (Fsp3) is 1.00. The van der Waals surface area contributed by atoms with Crippen molar-refractivity contribution in [3.05, 3.63) is 0 Å². The lowest BCUT2D eigenvalue weighted by Crippen LogP contribution is -2.06. The van der Waals surface area contributed by atoms with E-state index in [4.69, 9.17) is 21.3 Å². The van der Waals surface area contributed by atoms with E-state index < -0.39 is 6.72 Å². The van der Waals surface area contributed by atoms with E-state index in [1.807, 2.05) is 0 Å². The van der Waals surface area contributed by atoms with E-state index in [1.54, 1.807) is 6.92 Å². The van der Waals surface area contributed by atoms with Crippen LogP contribution in [0.4, 0.5) is 0 Å². The van der Waals surface area contributed by atoms with Crippen LogP contribution in [0.2, 0.25) is 0 Å². The van der Waals surface area contributed by atoms with E-state index in [0.29, 0.717) is 0 Å². The molecule has 0 bridgehead atoms. The Morgan fingerprint density at radius 3 is 1.69 bits per heavy atom. The van der Waals surface area contributed by atoms with Gasteiger partial charge in [0.2, 0.25) is 0 Å². The van der Waals surface area contributed by atoms with Gasteiger partial charge in [0.1, 0.15) is 0 Å². The predicted molar refractivity (Wildman–Crippen MR) is 56.7 cm³/mol. The Morgan fingerprint density at radius 2 is 1.69 bits per heavy atom. The molecule has 0 heterocycles. The van der Waals surface area contributed by atoms with Gasteiger partial charge >= 0.3 is 6.72 Å². The fourth-order valence-electron chi connectivity index (χ4n) is 0.286.